The highest BCUT2D eigenvalue weighted by Gasteiger charge is 2.35. The maximum absolute atomic E-state index is 14.1. The first-order valence-corrected chi connectivity index (χ1v) is 16.9. The van der Waals surface area contributed by atoms with Crippen LogP contribution in [0.4, 0.5) is 0 Å². The quantitative estimate of drug-likeness (QED) is 0.144. The van der Waals surface area contributed by atoms with Gasteiger partial charge >= 0.3 is 5.97 Å². The molecule has 0 unspecified atom stereocenters. The van der Waals surface area contributed by atoms with Gasteiger partial charge in [0.25, 0.3) is 5.56 Å². The Morgan fingerprint density at radius 1 is 1.20 bits per heavy atom. The van der Waals surface area contributed by atoms with E-state index in [1.165, 1.54) is 11.3 Å². The lowest BCUT2D eigenvalue weighted by atomic mass is 9.95. The van der Waals surface area contributed by atoms with Crippen molar-refractivity contribution < 1.29 is 19.0 Å². The highest BCUT2D eigenvalue weighted by atomic mass is 127. The number of aromatic nitrogens is 1. The number of ether oxygens (including phenoxy) is 3. The number of allylic oxidation sites excluding steroid dienone is 1. The molecule has 2 heterocycles. The molecule has 0 bridgehead atoms. The highest BCUT2D eigenvalue weighted by Crippen LogP contribution is 2.36. The summed E-state index contributed by atoms with van der Waals surface area (Å²) in [5.74, 6) is 0.692. The van der Waals surface area contributed by atoms with Crippen LogP contribution in [0, 0.1) is 14.9 Å². The molecule has 8 nitrogen and oxygen atoms in total. The van der Waals surface area contributed by atoms with Gasteiger partial charge in [0.05, 0.1) is 48.2 Å². The molecule has 0 saturated carbocycles. The topological polar surface area (TPSA) is 103 Å². The number of benzene rings is 3. The first-order chi connectivity index (χ1) is 21.6. The molecule has 11 heteroatoms. The molecule has 4 aromatic rings. The Morgan fingerprint density at radius 3 is 2.64 bits per heavy atom. The average Bonchev–Trinajstić information content (AvgIpc) is 3.30. The molecule has 1 aliphatic heterocycles. The lowest BCUT2D eigenvalue weighted by Gasteiger charge is -2.26. The van der Waals surface area contributed by atoms with Crippen LogP contribution in [-0.4, -0.2) is 23.2 Å². The second kappa shape index (κ2) is 14.1. The summed E-state index contributed by atoms with van der Waals surface area (Å²) in [7, 11) is 0. The minimum absolute atomic E-state index is 0.118. The summed E-state index contributed by atoms with van der Waals surface area (Å²) in [6.45, 7) is 7.78. The van der Waals surface area contributed by atoms with Crippen molar-refractivity contribution in [1.82, 2.24) is 4.57 Å². The van der Waals surface area contributed by atoms with E-state index in [0.29, 0.717) is 47.7 Å². The van der Waals surface area contributed by atoms with Crippen LogP contribution in [0.1, 0.15) is 56.0 Å². The van der Waals surface area contributed by atoms with Crippen molar-refractivity contribution in [2.24, 2.45) is 4.99 Å². The van der Waals surface area contributed by atoms with Crippen LogP contribution in [0.15, 0.2) is 86.2 Å². The maximum Gasteiger partial charge on any atom is 0.338 e. The molecule has 0 aliphatic carbocycles. The molecule has 0 radical (unpaired) electrons. The third-order valence-corrected chi connectivity index (χ3v) is 9.29. The number of para-hydroxylation sites is 1. The zero-order valence-electron chi connectivity index (χ0n) is 25.0. The number of nitrogens with zero attached hydrogens (tertiary/aromatic N) is 3. The molecule has 1 aliphatic rings. The zero-order valence-corrected chi connectivity index (χ0v) is 29.5. The van der Waals surface area contributed by atoms with Crippen LogP contribution < -0.4 is 24.4 Å². The van der Waals surface area contributed by atoms with Gasteiger partial charge in [-0.25, -0.2) is 9.79 Å². The Bertz CT molecular complexity index is 2020. The van der Waals surface area contributed by atoms with Gasteiger partial charge in [-0.2, -0.15) is 5.26 Å². The van der Waals surface area contributed by atoms with E-state index >= 15 is 0 Å². The van der Waals surface area contributed by atoms with Gasteiger partial charge < -0.3 is 14.2 Å². The Kier molecular flexibility index (Phi) is 10.3. The van der Waals surface area contributed by atoms with E-state index in [1.807, 2.05) is 74.5 Å². The lowest BCUT2D eigenvalue weighted by Crippen LogP contribution is -2.40. The van der Waals surface area contributed by atoms with Crippen LogP contribution in [0.2, 0.25) is 0 Å². The summed E-state index contributed by atoms with van der Waals surface area (Å²) < 4.78 is 21.2. The first-order valence-electron chi connectivity index (χ1n) is 14.2. The molecular formula is C34H29BrIN3O5S. The molecule has 5 rings (SSSR count). The Hall–Kier alpha value is -3.73. The molecule has 0 saturated heterocycles. The number of hydrogen-bond acceptors (Lipinski definition) is 8. The average molecular weight is 798 g/mol. The molecule has 0 amide bonds. The van der Waals surface area contributed by atoms with Crippen LogP contribution in [0.5, 0.6) is 11.5 Å². The fraction of sp³-hybridized carbons (Fsp3) is 0.235. The number of halogens is 2. The number of rotatable bonds is 9. The molecule has 45 heavy (non-hydrogen) atoms. The van der Waals surface area contributed by atoms with E-state index in [2.05, 4.69) is 49.6 Å². The normalized spacial score (nSPS) is 14.5. The first kappa shape index (κ1) is 32.7. The Labute approximate surface area is 286 Å². The third kappa shape index (κ3) is 6.93. The van der Waals surface area contributed by atoms with Gasteiger partial charge in [0, 0.05) is 11.1 Å². The number of nitriles is 1. The summed E-state index contributed by atoms with van der Waals surface area (Å²) in [4.78, 5) is 32.6. The van der Waals surface area contributed by atoms with Crippen LogP contribution in [0.25, 0.3) is 6.08 Å². The van der Waals surface area contributed by atoms with Crippen LogP contribution in [-0.2, 0) is 16.1 Å². The lowest BCUT2D eigenvalue weighted by molar-refractivity contribution is -0.139. The molecule has 1 atom stereocenters. The minimum atomic E-state index is -0.781. The fourth-order valence-electron chi connectivity index (χ4n) is 5.01. The molecule has 230 valence electrons. The molecule has 0 fully saturated rings. The number of hydrogen-bond donors (Lipinski definition) is 0. The van der Waals surface area contributed by atoms with Gasteiger partial charge in [0.2, 0.25) is 0 Å². The molecule has 1 aromatic heterocycles. The van der Waals surface area contributed by atoms with E-state index in [-0.39, 0.29) is 24.9 Å². The van der Waals surface area contributed by atoms with Crippen molar-refractivity contribution in [2.45, 2.75) is 46.4 Å². The Balaban J connectivity index is 1.58. The molecule has 0 N–H and O–H groups in total. The smallest absolute Gasteiger partial charge is 0.338 e. The zero-order chi connectivity index (χ0) is 32.2. The second-order valence-corrected chi connectivity index (χ2v) is 13.4. The maximum atomic E-state index is 14.1. The SMILES string of the molecule is CCOC(=O)C1=C(C)N=c2s/c(=C/c3cc(Br)c(OCc4ccccc4C#N)c(I)c3)c(=O)n2[C@@H]1c1ccccc1OC(C)C. The van der Waals surface area contributed by atoms with E-state index in [1.54, 1.807) is 24.5 Å². The van der Waals surface area contributed by atoms with Crippen molar-refractivity contribution in [3.05, 3.63) is 122 Å². The molecule has 0 spiro atoms. The standard InChI is InChI=1S/C34H29BrIN3O5S/c1-5-42-33(41)29-20(4)38-34-39(30(29)24-12-8-9-13-27(24)44-19(2)3)32(40)28(45-34)16-21-14-25(35)31(26(36)15-21)43-18-23-11-7-6-10-22(23)17-37/h6-16,19,30H,5,18H2,1-4H3/b28-16+/t30-/m1/s1. The van der Waals surface area contributed by atoms with Gasteiger partial charge in [-0.05, 0) is 102 Å². The second-order valence-electron chi connectivity index (χ2n) is 10.4. The summed E-state index contributed by atoms with van der Waals surface area (Å²) >= 11 is 7.07. The van der Waals surface area contributed by atoms with Crippen molar-refractivity contribution in [2.75, 3.05) is 6.61 Å². The van der Waals surface area contributed by atoms with Crippen LogP contribution >= 0.6 is 49.9 Å². The van der Waals surface area contributed by atoms with Gasteiger partial charge in [-0.3, -0.25) is 9.36 Å². The van der Waals surface area contributed by atoms with Crippen LogP contribution in [0.3, 0.4) is 0 Å². The number of carbonyl (C=O) groups excluding carboxylic acids is 1. The van der Waals surface area contributed by atoms with E-state index in [4.69, 9.17) is 14.2 Å². The third-order valence-electron chi connectivity index (χ3n) is 6.92. The number of thiazole rings is 1. The van der Waals surface area contributed by atoms with Crippen molar-refractivity contribution in [3.8, 4) is 17.6 Å². The van der Waals surface area contributed by atoms with Crippen molar-refractivity contribution >= 4 is 61.9 Å². The number of fused-ring (bicyclic) bond motifs is 1. The van der Waals surface area contributed by atoms with Crippen molar-refractivity contribution in [1.29, 1.82) is 5.26 Å². The van der Waals surface area contributed by atoms with Gasteiger partial charge in [-0.1, -0.05) is 47.7 Å². The monoisotopic (exact) mass is 797 g/mol. The largest absolute Gasteiger partial charge is 0.491 e. The minimum Gasteiger partial charge on any atom is -0.491 e. The summed E-state index contributed by atoms with van der Waals surface area (Å²) in [6.07, 6.45) is 1.69. The predicted molar refractivity (Wildman–Crippen MR) is 185 cm³/mol. The van der Waals surface area contributed by atoms with Gasteiger partial charge in [-0.15, -0.1) is 0 Å². The van der Waals surface area contributed by atoms with E-state index in [9.17, 15) is 14.9 Å². The Morgan fingerprint density at radius 2 is 1.93 bits per heavy atom. The molecular weight excluding hydrogens is 769 g/mol. The van der Waals surface area contributed by atoms with Gasteiger partial charge in [0.1, 0.15) is 24.1 Å². The highest BCUT2D eigenvalue weighted by molar-refractivity contribution is 14.1. The van der Waals surface area contributed by atoms with E-state index < -0.39 is 12.0 Å². The number of carbonyl (C=O) groups is 1. The fourth-order valence-corrected chi connectivity index (χ4v) is 7.83. The number of esters is 1. The van der Waals surface area contributed by atoms with Gasteiger partial charge in [0.15, 0.2) is 4.80 Å². The summed E-state index contributed by atoms with van der Waals surface area (Å²) in [5.41, 5.74) is 3.32. The van der Waals surface area contributed by atoms with E-state index in [0.717, 1.165) is 14.7 Å². The molecule has 3 aromatic carbocycles. The van der Waals surface area contributed by atoms with Crippen molar-refractivity contribution in [3.63, 3.8) is 0 Å². The summed E-state index contributed by atoms with van der Waals surface area (Å²) in [6, 6.07) is 20.0. The predicted octanol–water partition coefficient (Wildman–Crippen LogP) is 6.40. The summed E-state index contributed by atoms with van der Waals surface area (Å²) in [5, 5.41) is 9.41.